The van der Waals surface area contributed by atoms with Crippen LogP contribution in [0.1, 0.15) is 5.56 Å². The van der Waals surface area contributed by atoms with Crippen molar-refractivity contribution in [2.24, 2.45) is 7.05 Å². The summed E-state index contributed by atoms with van der Waals surface area (Å²) in [5, 5.41) is 8.17. The summed E-state index contributed by atoms with van der Waals surface area (Å²) in [6, 6.07) is 4.59. The highest BCUT2D eigenvalue weighted by Gasteiger charge is 2.08. The van der Waals surface area contributed by atoms with Crippen molar-refractivity contribution in [3.8, 4) is 0 Å². The lowest BCUT2D eigenvalue weighted by atomic mass is 10.2. The average Bonchev–Trinajstić information content (AvgIpc) is 2.82. The number of hydrogen-bond donors (Lipinski definition) is 1. The number of aromatic nitrogens is 4. The average molecular weight is 336 g/mol. The van der Waals surface area contributed by atoms with E-state index >= 15 is 0 Å². The molecule has 0 amide bonds. The van der Waals surface area contributed by atoms with E-state index in [-0.39, 0.29) is 5.82 Å². The molecule has 102 valence electrons. The molecule has 0 saturated carbocycles. The van der Waals surface area contributed by atoms with E-state index in [0.29, 0.717) is 12.4 Å². The van der Waals surface area contributed by atoms with Crippen LogP contribution in [-0.4, -0.2) is 19.7 Å². The van der Waals surface area contributed by atoms with Gasteiger partial charge in [0.2, 0.25) is 0 Å². The molecular weight excluding hydrogens is 325 g/mol. The zero-order valence-corrected chi connectivity index (χ0v) is 12.2. The summed E-state index contributed by atoms with van der Waals surface area (Å²) in [7, 11) is 1.82. The molecule has 0 aliphatic rings. The van der Waals surface area contributed by atoms with Crippen LogP contribution in [0.3, 0.4) is 0 Å². The van der Waals surface area contributed by atoms with Crippen molar-refractivity contribution in [2.75, 3.05) is 5.32 Å². The van der Waals surface area contributed by atoms with Gasteiger partial charge < -0.3 is 5.32 Å². The standard InChI is InChI=1S/C13H11BrFN5/c1-20-13-10(6-19-20)12(17-7-18-13)16-5-8-4-9(15)2-3-11(8)14/h2-4,6-7H,5H2,1H3,(H,16,17,18). The maximum atomic E-state index is 13.2. The van der Waals surface area contributed by atoms with E-state index < -0.39 is 0 Å². The fraction of sp³-hybridized carbons (Fsp3) is 0.154. The van der Waals surface area contributed by atoms with Gasteiger partial charge in [-0.05, 0) is 23.8 Å². The van der Waals surface area contributed by atoms with Crippen LogP contribution in [0.5, 0.6) is 0 Å². The maximum absolute atomic E-state index is 13.2. The van der Waals surface area contributed by atoms with Gasteiger partial charge in [-0.15, -0.1) is 0 Å². The van der Waals surface area contributed by atoms with Gasteiger partial charge in [-0.3, -0.25) is 4.68 Å². The van der Waals surface area contributed by atoms with Crippen LogP contribution in [0.25, 0.3) is 11.0 Å². The highest BCUT2D eigenvalue weighted by Crippen LogP contribution is 2.21. The third kappa shape index (κ3) is 2.36. The zero-order chi connectivity index (χ0) is 14.1. The van der Waals surface area contributed by atoms with Crippen molar-refractivity contribution in [2.45, 2.75) is 6.54 Å². The number of fused-ring (bicyclic) bond motifs is 1. The van der Waals surface area contributed by atoms with Crippen LogP contribution in [0.4, 0.5) is 10.2 Å². The van der Waals surface area contributed by atoms with Crippen LogP contribution in [0.2, 0.25) is 0 Å². The van der Waals surface area contributed by atoms with Crippen molar-refractivity contribution >= 4 is 32.8 Å². The van der Waals surface area contributed by atoms with Crippen molar-refractivity contribution < 1.29 is 4.39 Å². The largest absolute Gasteiger partial charge is 0.365 e. The quantitative estimate of drug-likeness (QED) is 0.799. The molecule has 0 spiro atoms. The minimum atomic E-state index is -0.265. The second kappa shape index (κ2) is 5.16. The molecule has 7 heteroatoms. The minimum Gasteiger partial charge on any atom is -0.365 e. The first-order chi connectivity index (χ1) is 9.65. The van der Waals surface area contributed by atoms with E-state index in [2.05, 4.69) is 36.3 Å². The normalized spacial score (nSPS) is 10.9. The molecule has 0 unspecified atom stereocenters. The number of rotatable bonds is 3. The van der Waals surface area contributed by atoms with E-state index in [9.17, 15) is 4.39 Å². The van der Waals surface area contributed by atoms with Crippen molar-refractivity contribution in [1.82, 2.24) is 19.7 Å². The number of benzene rings is 1. The second-order valence-electron chi connectivity index (χ2n) is 4.32. The van der Waals surface area contributed by atoms with Gasteiger partial charge in [0.15, 0.2) is 5.65 Å². The van der Waals surface area contributed by atoms with Gasteiger partial charge in [0.1, 0.15) is 18.0 Å². The van der Waals surface area contributed by atoms with Gasteiger partial charge in [-0.25, -0.2) is 14.4 Å². The molecule has 1 aromatic carbocycles. The number of anilines is 1. The van der Waals surface area contributed by atoms with Crippen molar-refractivity contribution in [3.05, 3.63) is 46.6 Å². The molecule has 0 radical (unpaired) electrons. The number of nitrogens with zero attached hydrogens (tertiary/aromatic N) is 4. The topological polar surface area (TPSA) is 55.6 Å². The third-order valence-electron chi connectivity index (χ3n) is 2.98. The Bertz CT molecular complexity index is 771. The van der Waals surface area contributed by atoms with Crippen LogP contribution in [0, 0.1) is 5.82 Å². The number of nitrogens with one attached hydrogen (secondary N) is 1. The van der Waals surface area contributed by atoms with E-state index in [4.69, 9.17) is 0 Å². The summed E-state index contributed by atoms with van der Waals surface area (Å²) >= 11 is 3.40. The SMILES string of the molecule is Cn1ncc2c(NCc3cc(F)ccc3Br)ncnc21. The van der Waals surface area contributed by atoms with Crippen LogP contribution < -0.4 is 5.32 Å². The maximum Gasteiger partial charge on any atom is 0.163 e. The Balaban J connectivity index is 1.88. The zero-order valence-electron chi connectivity index (χ0n) is 10.6. The van der Waals surface area contributed by atoms with Gasteiger partial charge in [-0.1, -0.05) is 15.9 Å². The van der Waals surface area contributed by atoms with Gasteiger partial charge in [0, 0.05) is 18.1 Å². The molecule has 0 bridgehead atoms. The molecule has 2 aromatic heterocycles. The Hall–Kier alpha value is -2.02. The predicted molar refractivity (Wildman–Crippen MR) is 77.7 cm³/mol. The first kappa shape index (κ1) is 13.0. The van der Waals surface area contributed by atoms with E-state index in [1.165, 1.54) is 18.5 Å². The summed E-state index contributed by atoms with van der Waals surface area (Å²) in [5.74, 6) is 0.415. The number of aryl methyl sites for hydroxylation is 1. The van der Waals surface area contributed by atoms with Gasteiger partial charge >= 0.3 is 0 Å². The molecule has 5 nitrogen and oxygen atoms in total. The lowest BCUT2D eigenvalue weighted by Gasteiger charge is -2.08. The highest BCUT2D eigenvalue weighted by atomic mass is 79.9. The fourth-order valence-corrected chi connectivity index (χ4v) is 2.35. The second-order valence-corrected chi connectivity index (χ2v) is 5.17. The summed E-state index contributed by atoms with van der Waals surface area (Å²) < 4.78 is 15.8. The van der Waals surface area contributed by atoms with Crippen LogP contribution >= 0.6 is 15.9 Å². The summed E-state index contributed by atoms with van der Waals surface area (Å²) in [4.78, 5) is 8.37. The van der Waals surface area contributed by atoms with Gasteiger partial charge in [0.25, 0.3) is 0 Å². The monoisotopic (exact) mass is 335 g/mol. The molecule has 1 N–H and O–H groups in total. The summed E-state index contributed by atoms with van der Waals surface area (Å²) in [6.07, 6.45) is 3.19. The van der Waals surface area contributed by atoms with Gasteiger partial charge in [-0.2, -0.15) is 5.10 Å². The van der Waals surface area contributed by atoms with Crippen molar-refractivity contribution in [1.29, 1.82) is 0 Å². The lowest BCUT2D eigenvalue weighted by molar-refractivity contribution is 0.625. The molecule has 3 rings (SSSR count). The first-order valence-electron chi connectivity index (χ1n) is 5.95. The van der Waals surface area contributed by atoms with E-state index in [1.54, 1.807) is 16.9 Å². The fourth-order valence-electron chi connectivity index (χ4n) is 1.96. The highest BCUT2D eigenvalue weighted by molar-refractivity contribution is 9.10. The van der Waals surface area contributed by atoms with Gasteiger partial charge in [0.05, 0.1) is 11.6 Å². The Morgan fingerprint density at radius 3 is 3.05 bits per heavy atom. The Morgan fingerprint density at radius 2 is 2.20 bits per heavy atom. The molecule has 0 aliphatic heterocycles. The van der Waals surface area contributed by atoms with Crippen molar-refractivity contribution in [3.63, 3.8) is 0 Å². The summed E-state index contributed by atoms with van der Waals surface area (Å²) in [5.41, 5.74) is 1.57. The first-order valence-corrected chi connectivity index (χ1v) is 6.75. The molecule has 3 aromatic rings. The smallest absolute Gasteiger partial charge is 0.163 e. The predicted octanol–water partition coefficient (Wildman–Crippen LogP) is 2.88. The van der Waals surface area contributed by atoms with E-state index in [1.807, 2.05) is 7.05 Å². The lowest BCUT2D eigenvalue weighted by Crippen LogP contribution is -2.03. The number of hydrogen-bond acceptors (Lipinski definition) is 4. The molecule has 20 heavy (non-hydrogen) atoms. The Labute approximate surface area is 123 Å². The Morgan fingerprint density at radius 1 is 1.35 bits per heavy atom. The minimum absolute atomic E-state index is 0.265. The number of halogens is 2. The van der Waals surface area contributed by atoms with E-state index in [0.717, 1.165) is 21.1 Å². The third-order valence-corrected chi connectivity index (χ3v) is 3.76. The molecule has 0 saturated heterocycles. The molecule has 0 aliphatic carbocycles. The molecule has 0 atom stereocenters. The Kier molecular flexibility index (Phi) is 3.35. The summed E-state index contributed by atoms with van der Waals surface area (Å²) in [6.45, 7) is 0.458. The molecule has 2 heterocycles. The van der Waals surface area contributed by atoms with Crippen LogP contribution in [-0.2, 0) is 13.6 Å². The molecular formula is C13H11BrFN5. The van der Waals surface area contributed by atoms with Crippen LogP contribution in [0.15, 0.2) is 35.2 Å². The molecule has 0 fully saturated rings.